The minimum atomic E-state index is 0. The van der Waals surface area contributed by atoms with Crippen LogP contribution in [0.4, 0.5) is 0 Å². The van der Waals surface area contributed by atoms with Crippen LogP contribution in [0.15, 0.2) is 0 Å². The monoisotopic (exact) mass is 164 g/mol. The number of hydrogen-bond donors (Lipinski definition) is 0. The molecule has 0 aliphatic carbocycles. The molecule has 0 bridgehead atoms. The second kappa shape index (κ2) is 46.3. The number of rotatable bonds is 0. The van der Waals surface area contributed by atoms with E-state index in [9.17, 15) is 0 Å². The third-order valence-electron chi connectivity index (χ3n) is 0. The number of halogens is 2. The molecular weight excluding hydrogens is 159 g/mol. The average Bonchev–Trinajstić information content (AvgIpc) is 1.50. The van der Waals surface area contributed by atoms with Crippen LogP contribution < -0.4 is 18.9 Å². The second-order valence-corrected chi connectivity index (χ2v) is 0. The Kier molecular flexibility index (Phi) is 180. The van der Waals surface area contributed by atoms with Crippen molar-refractivity contribution in [2.75, 3.05) is 0 Å². The summed E-state index contributed by atoms with van der Waals surface area (Å²) in [6.07, 6.45) is 0. The van der Waals surface area contributed by atoms with Gasteiger partial charge in [-0.05, 0) is 0 Å². The van der Waals surface area contributed by atoms with E-state index in [0.29, 0.717) is 0 Å². The van der Waals surface area contributed by atoms with Crippen LogP contribution in [0.25, 0.3) is 0 Å². The molecular formula is H6Al3Cl2Li. The maximum atomic E-state index is 4.67. The van der Waals surface area contributed by atoms with Gasteiger partial charge in [0, 0.05) is 0 Å². The molecule has 0 aromatic heterocycles. The summed E-state index contributed by atoms with van der Waals surface area (Å²) in [6, 6.07) is 0. The quantitative estimate of drug-likeness (QED) is 0.321. The van der Waals surface area contributed by atoms with Gasteiger partial charge in [0.05, 0.1) is 0 Å². The van der Waals surface area contributed by atoms with E-state index in [0.717, 1.165) is 0 Å². The Morgan fingerprint density at radius 2 is 1.00 bits per heavy atom. The van der Waals surface area contributed by atoms with Gasteiger partial charge < -0.3 is 1.43 Å². The second-order valence-electron chi connectivity index (χ2n) is 0. The molecule has 0 atom stereocenters. The summed E-state index contributed by atoms with van der Waals surface area (Å²) in [6.45, 7) is 0. The first-order chi connectivity index (χ1) is 2.00. The van der Waals surface area contributed by atoms with Gasteiger partial charge in [-0.1, -0.05) is 0 Å². The van der Waals surface area contributed by atoms with Crippen molar-refractivity contribution in [1.29, 1.82) is 0 Å². The molecule has 0 saturated heterocycles. The van der Waals surface area contributed by atoms with E-state index in [1.807, 2.05) is 0 Å². The Bertz CT molecular complexity index is 12.9. The Labute approximate surface area is 87.4 Å². The first kappa shape index (κ1) is 23.3. The average molecular weight is 165 g/mol. The zero-order chi connectivity index (χ0) is 4.00. The maximum absolute atomic E-state index is 4.67. The van der Waals surface area contributed by atoms with Crippen LogP contribution in [0.3, 0.4) is 0 Å². The molecule has 0 aromatic carbocycles. The summed E-state index contributed by atoms with van der Waals surface area (Å²) in [5.41, 5.74) is 0. The van der Waals surface area contributed by atoms with Gasteiger partial charge in [-0.15, -0.1) is 0 Å². The summed E-state index contributed by atoms with van der Waals surface area (Å²) in [5.74, 6) is 0. The van der Waals surface area contributed by atoms with Crippen LogP contribution in [0, 0.1) is 0 Å². The van der Waals surface area contributed by atoms with E-state index in [1.165, 1.54) is 30.7 Å². The summed E-state index contributed by atoms with van der Waals surface area (Å²) >= 11 is 2.67. The van der Waals surface area contributed by atoms with Crippen molar-refractivity contribution in [3.05, 3.63) is 0 Å². The summed E-state index contributed by atoms with van der Waals surface area (Å²) in [4.78, 5) is 0. The van der Waals surface area contributed by atoms with Gasteiger partial charge in [0.1, 0.15) is 0 Å². The minimum Gasteiger partial charge on any atom is -1.00 e. The van der Waals surface area contributed by atoms with Crippen LogP contribution in [-0.4, -0.2) is 48.1 Å². The van der Waals surface area contributed by atoms with Crippen LogP contribution in [0.1, 0.15) is 1.43 Å². The summed E-state index contributed by atoms with van der Waals surface area (Å²) in [5, 5.41) is 0. The normalized spacial score (nSPS) is 1.67. The zero-order valence-corrected chi connectivity index (χ0v) is 7.51. The van der Waals surface area contributed by atoms with E-state index in [1.54, 1.807) is 0 Å². The third-order valence-corrected chi connectivity index (χ3v) is 0. The SMILES string of the molecule is [AlH3].[AlH][Cl].[AlH][Cl].[H-].[Li+]. The van der Waals surface area contributed by atoms with Crippen molar-refractivity contribution in [3.8, 4) is 0 Å². The first-order valence-corrected chi connectivity index (χ1v) is 4.81. The van der Waals surface area contributed by atoms with Crippen molar-refractivity contribution in [2.24, 2.45) is 0 Å². The van der Waals surface area contributed by atoms with E-state index >= 15 is 0 Å². The van der Waals surface area contributed by atoms with Gasteiger partial charge in [-0.3, -0.25) is 20.1 Å². The summed E-state index contributed by atoms with van der Waals surface area (Å²) in [7, 11) is 9.33. The minimum absolute atomic E-state index is 0. The van der Waals surface area contributed by atoms with Crippen molar-refractivity contribution in [1.82, 2.24) is 0 Å². The molecule has 6 heavy (non-hydrogen) atoms. The fraction of sp³-hybridized carbons (Fsp3) is 0. The van der Waals surface area contributed by atoms with E-state index in [2.05, 4.69) is 20.1 Å². The molecule has 0 rings (SSSR count). The molecule has 30 valence electrons. The molecule has 0 aliphatic heterocycles. The van der Waals surface area contributed by atoms with Gasteiger partial charge in [-0.25, -0.2) is 0 Å². The molecule has 0 amide bonds. The smallest absolute Gasteiger partial charge is 1.00 e. The maximum Gasteiger partial charge on any atom is 1.00 e. The van der Waals surface area contributed by atoms with Crippen LogP contribution >= 0.6 is 20.1 Å². The summed E-state index contributed by atoms with van der Waals surface area (Å²) < 4.78 is 0. The van der Waals surface area contributed by atoms with Gasteiger partial charge in [0.25, 0.3) is 0 Å². The topological polar surface area (TPSA) is 0 Å². The Morgan fingerprint density at radius 3 is 1.00 bits per heavy atom. The molecule has 0 heterocycles. The largest absolute Gasteiger partial charge is 1.00 e. The Hall–Kier alpha value is 2.77. The Morgan fingerprint density at radius 1 is 1.00 bits per heavy atom. The number of hydrogen-bond acceptors (Lipinski definition) is 0. The molecule has 0 unspecified atom stereocenters. The van der Waals surface area contributed by atoms with Crippen molar-refractivity contribution in [2.45, 2.75) is 0 Å². The molecule has 6 heteroatoms. The van der Waals surface area contributed by atoms with Crippen molar-refractivity contribution < 1.29 is 20.3 Å². The fourth-order valence-electron chi connectivity index (χ4n) is 0. The molecule has 0 aromatic rings. The molecule has 0 aliphatic rings. The molecule has 0 nitrogen and oxygen atoms in total. The van der Waals surface area contributed by atoms with Gasteiger partial charge >= 0.3 is 49.6 Å². The first-order valence-electron chi connectivity index (χ1n) is 0.535. The standard InChI is InChI=1S/3Al.2ClH.Li.6H/h;;;2*1H;;;;;;;/q;2*+1;;;+1;;;;;;-1/p-2. The van der Waals surface area contributed by atoms with Gasteiger partial charge in [0.2, 0.25) is 0 Å². The molecule has 0 spiro atoms. The zero-order valence-electron chi connectivity index (χ0n) is 4.17. The van der Waals surface area contributed by atoms with E-state index < -0.39 is 0 Å². The Balaban J connectivity index is -0.00000000267. The van der Waals surface area contributed by atoms with Gasteiger partial charge in [-0.2, -0.15) is 0 Å². The van der Waals surface area contributed by atoms with Crippen LogP contribution in [0.5, 0.6) is 0 Å². The van der Waals surface area contributed by atoms with Crippen LogP contribution in [0.2, 0.25) is 0 Å². The molecule has 0 saturated carbocycles. The molecule has 0 fully saturated rings. The van der Waals surface area contributed by atoms with E-state index in [-0.39, 0.29) is 37.6 Å². The molecule has 0 N–H and O–H groups in total. The van der Waals surface area contributed by atoms with Crippen LogP contribution in [-0.2, 0) is 0 Å². The van der Waals surface area contributed by atoms with E-state index in [4.69, 9.17) is 0 Å². The predicted molar refractivity (Wildman–Crippen MR) is 37.1 cm³/mol. The van der Waals surface area contributed by atoms with Crippen molar-refractivity contribution >= 4 is 68.2 Å². The van der Waals surface area contributed by atoms with Gasteiger partial charge in [0.15, 0.2) is 17.4 Å². The fourth-order valence-corrected chi connectivity index (χ4v) is 0. The predicted octanol–water partition coefficient (Wildman–Crippen LogP) is -3.99. The third kappa shape index (κ3) is 29.3. The molecule has 2 radical (unpaired) electrons. The van der Waals surface area contributed by atoms with Crippen molar-refractivity contribution in [3.63, 3.8) is 0 Å².